The average molecular weight is 459 g/mol. The molecule has 0 radical (unpaired) electrons. The molecule has 0 bridgehead atoms. The Kier molecular flexibility index (Phi) is 6.59. The van der Waals surface area contributed by atoms with Gasteiger partial charge in [-0.15, -0.1) is 0 Å². The lowest BCUT2D eigenvalue weighted by atomic mass is 10.1. The van der Waals surface area contributed by atoms with Gasteiger partial charge in [-0.1, -0.05) is 25.1 Å². The summed E-state index contributed by atoms with van der Waals surface area (Å²) in [6.45, 7) is 3.85. The van der Waals surface area contributed by atoms with Gasteiger partial charge in [-0.05, 0) is 65.2 Å². The molecule has 1 aliphatic rings. The Bertz CT molecular complexity index is 958. The predicted molar refractivity (Wildman–Crippen MR) is 116 cm³/mol. The number of benzene rings is 2. The molecule has 0 unspecified atom stereocenters. The van der Waals surface area contributed by atoms with E-state index in [1.165, 1.54) is 4.90 Å². The van der Waals surface area contributed by atoms with E-state index in [1.54, 1.807) is 31.4 Å². The van der Waals surface area contributed by atoms with E-state index in [-0.39, 0.29) is 30.2 Å². The first-order chi connectivity index (χ1) is 13.9. The normalized spacial score (nSPS) is 15.5. The van der Waals surface area contributed by atoms with Crippen molar-refractivity contribution in [2.24, 2.45) is 0 Å². The number of halogens is 1. The number of anilines is 1. The molecule has 2 aromatic carbocycles. The van der Waals surface area contributed by atoms with Crippen LogP contribution in [0.4, 0.5) is 5.69 Å². The molecule has 2 amide bonds. The van der Waals surface area contributed by atoms with E-state index in [9.17, 15) is 9.59 Å². The summed E-state index contributed by atoms with van der Waals surface area (Å²) in [4.78, 5) is 27.0. The first-order valence-corrected chi connectivity index (χ1v) is 10.2. The van der Waals surface area contributed by atoms with Gasteiger partial charge in [0.1, 0.15) is 12.3 Å². The molecule has 0 spiro atoms. The van der Waals surface area contributed by atoms with Crippen LogP contribution in [0.15, 0.2) is 52.7 Å². The first kappa shape index (κ1) is 20.9. The van der Waals surface area contributed by atoms with Crippen LogP contribution in [0.5, 0.6) is 11.5 Å². The van der Waals surface area contributed by atoms with Gasteiger partial charge < -0.3 is 14.8 Å². The van der Waals surface area contributed by atoms with Gasteiger partial charge in [0.15, 0.2) is 11.5 Å². The van der Waals surface area contributed by atoms with E-state index in [0.717, 1.165) is 16.5 Å². The SMILES string of the molecule is CC[C@H](C)NC(=O)CN1C(=O)/C(=C\c2ccc(OC)c(Br)c2)Oc2ccccc21. The highest BCUT2D eigenvalue weighted by molar-refractivity contribution is 9.10. The molecule has 7 heteroatoms. The first-order valence-electron chi connectivity index (χ1n) is 9.36. The van der Waals surface area contributed by atoms with Gasteiger partial charge in [0, 0.05) is 6.04 Å². The summed E-state index contributed by atoms with van der Waals surface area (Å²) in [7, 11) is 1.59. The van der Waals surface area contributed by atoms with E-state index in [2.05, 4.69) is 21.2 Å². The second-order valence-corrected chi connectivity index (χ2v) is 7.59. The second-order valence-electron chi connectivity index (χ2n) is 6.74. The molecule has 1 heterocycles. The van der Waals surface area contributed by atoms with Crippen LogP contribution in [0.1, 0.15) is 25.8 Å². The van der Waals surface area contributed by atoms with Gasteiger partial charge in [0.2, 0.25) is 5.91 Å². The van der Waals surface area contributed by atoms with Crippen LogP contribution < -0.4 is 19.7 Å². The molecule has 0 aromatic heterocycles. The Balaban J connectivity index is 1.92. The highest BCUT2D eigenvalue weighted by Crippen LogP contribution is 2.36. The van der Waals surface area contributed by atoms with Gasteiger partial charge in [-0.3, -0.25) is 14.5 Å². The predicted octanol–water partition coefficient (Wildman–Crippen LogP) is 4.14. The molecule has 1 N–H and O–H groups in total. The van der Waals surface area contributed by atoms with Crippen molar-refractivity contribution in [3.63, 3.8) is 0 Å². The molecule has 1 atom stereocenters. The largest absolute Gasteiger partial charge is 0.496 e. The summed E-state index contributed by atoms with van der Waals surface area (Å²) in [5, 5.41) is 2.90. The van der Waals surface area contributed by atoms with Gasteiger partial charge >= 0.3 is 0 Å². The number of para-hydroxylation sites is 2. The second kappa shape index (κ2) is 9.13. The lowest BCUT2D eigenvalue weighted by Crippen LogP contribution is -2.46. The van der Waals surface area contributed by atoms with Crippen molar-refractivity contribution in [3.8, 4) is 11.5 Å². The van der Waals surface area contributed by atoms with Crippen LogP contribution in [0.3, 0.4) is 0 Å². The molecule has 3 rings (SSSR count). The molecule has 0 saturated heterocycles. The molecule has 0 saturated carbocycles. The Morgan fingerprint density at radius 3 is 2.76 bits per heavy atom. The molecule has 152 valence electrons. The molecule has 0 aliphatic carbocycles. The van der Waals surface area contributed by atoms with E-state index in [0.29, 0.717) is 17.2 Å². The van der Waals surface area contributed by atoms with Crippen LogP contribution in [-0.2, 0) is 9.59 Å². The summed E-state index contributed by atoms with van der Waals surface area (Å²) in [5.74, 6) is 0.794. The van der Waals surface area contributed by atoms with Gasteiger partial charge in [-0.2, -0.15) is 0 Å². The molecule has 1 aliphatic heterocycles. The molecule has 29 heavy (non-hydrogen) atoms. The maximum Gasteiger partial charge on any atom is 0.294 e. The van der Waals surface area contributed by atoms with Crippen LogP contribution in [-0.4, -0.2) is 31.5 Å². The van der Waals surface area contributed by atoms with Crippen LogP contribution in [0.25, 0.3) is 6.08 Å². The summed E-state index contributed by atoms with van der Waals surface area (Å²) in [6.07, 6.45) is 2.47. The van der Waals surface area contributed by atoms with E-state index >= 15 is 0 Å². The van der Waals surface area contributed by atoms with Crippen molar-refractivity contribution in [2.45, 2.75) is 26.3 Å². The number of amides is 2. The van der Waals surface area contributed by atoms with Crippen molar-refractivity contribution in [1.82, 2.24) is 5.32 Å². The van der Waals surface area contributed by atoms with Crippen molar-refractivity contribution in [1.29, 1.82) is 0 Å². The Morgan fingerprint density at radius 2 is 2.07 bits per heavy atom. The van der Waals surface area contributed by atoms with E-state index < -0.39 is 0 Å². The van der Waals surface area contributed by atoms with Crippen LogP contribution >= 0.6 is 15.9 Å². The number of nitrogens with one attached hydrogen (secondary N) is 1. The zero-order chi connectivity index (χ0) is 21.0. The fourth-order valence-corrected chi connectivity index (χ4v) is 3.47. The molecule has 2 aromatic rings. The average Bonchev–Trinajstić information content (AvgIpc) is 2.71. The van der Waals surface area contributed by atoms with Crippen LogP contribution in [0.2, 0.25) is 0 Å². The summed E-state index contributed by atoms with van der Waals surface area (Å²) in [6, 6.07) is 12.7. The quantitative estimate of drug-likeness (QED) is 0.660. The van der Waals surface area contributed by atoms with Crippen molar-refractivity contribution in [3.05, 3.63) is 58.3 Å². The maximum atomic E-state index is 13.1. The van der Waals surface area contributed by atoms with Crippen molar-refractivity contribution < 1.29 is 19.1 Å². The smallest absolute Gasteiger partial charge is 0.294 e. The number of nitrogens with zero attached hydrogens (tertiary/aromatic N) is 1. The lowest BCUT2D eigenvalue weighted by Gasteiger charge is -2.30. The maximum absolute atomic E-state index is 13.1. The van der Waals surface area contributed by atoms with Gasteiger partial charge in [-0.25, -0.2) is 0 Å². The number of carbonyl (C=O) groups is 2. The topological polar surface area (TPSA) is 67.9 Å². The number of methoxy groups -OCH3 is 1. The van der Waals surface area contributed by atoms with Crippen molar-refractivity contribution in [2.75, 3.05) is 18.6 Å². The van der Waals surface area contributed by atoms with E-state index in [1.807, 2.05) is 38.1 Å². The van der Waals surface area contributed by atoms with E-state index in [4.69, 9.17) is 9.47 Å². The minimum absolute atomic E-state index is 0.0422. The molecule has 0 fully saturated rings. The minimum Gasteiger partial charge on any atom is -0.496 e. The fraction of sp³-hybridized carbons (Fsp3) is 0.273. The molecular weight excluding hydrogens is 436 g/mol. The Hall–Kier alpha value is -2.80. The summed E-state index contributed by atoms with van der Waals surface area (Å²) in [5.41, 5.74) is 1.34. The highest BCUT2D eigenvalue weighted by atomic mass is 79.9. The Labute approximate surface area is 178 Å². The summed E-state index contributed by atoms with van der Waals surface area (Å²) >= 11 is 3.44. The lowest BCUT2D eigenvalue weighted by molar-refractivity contribution is -0.123. The zero-order valence-electron chi connectivity index (χ0n) is 16.6. The third-order valence-electron chi connectivity index (χ3n) is 4.63. The highest BCUT2D eigenvalue weighted by Gasteiger charge is 2.31. The number of hydrogen-bond acceptors (Lipinski definition) is 4. The fourth-order valence-electron chi connectivity index (χ4n) is 2.91. The third kappa shape index (κ3) is 4.79. The monoisotopic (exact) mass is 458 g/mol. The van der Waals surface area contributed by atoms with Crippen molar-refractivity contribution >= 4 is 39.5 Å². The Morgan fingerprint density at radius 1 is 1.31 bits per heavy atom. The number of rotatable bonds is 6. The van der Waals surface area contributed by atoms with Gasteiger partial charge in [0.25, 0.3) is 5.91 Å². The minimum atomic E-state index is -0.366. The molecular formula is C22H23BrN2O4. The van der Waals surface area contributed by atoms with Gasteiger partial charge in [0.05, 0.1) is 17.3 Å². The summed E-state index contributed by atoms with van der Waals surface area (Å²) < 4.78 is 11.9. The number of carbonyl (C=O) groups excluding carboxylic acids is 2. The third-order valence-corrected chi connectivity index (χ3v) is 5.25. The number of ether oxygens (including phenoxy) is 2. The standard InChI is InChI=1S/C22H23BrN2O4/c1-4-14(2)24-21(26)13-25-17-7-5-6-8-19(17)29-20(22(25)27)12-15-9-10-18(28-3)16(23)11-15/h5-12,14H,4,13H2,1-3H3,(H,24,26)/b20-12+/t14-/m0/s1. The zero-order valence-corrected chi connectivity index (χ0v) is 18.2. The number of fused-ring (bicyclic) bond motifs is 1. The van der Waals surface area contributed by atoms with Crippen LogP contribution in [0, 0.1) is 0 Å². The molecule has 6 nitrogen and oxygen atoms in total. The number of hydrogen-bond donors (Lipinski definition) is 1.